The van der Waals surface area contributed by atoms with Crippen LogP contribution in [0.2, 0.25) is 5.02 Å². The molecule has 0 spiro atoms. The number of rotatable bonds is 4. The lowest BCUT2D eigenvalue weighted by Gasteiger charge is -2.20. The fourth-order valence-corrected chi connectivity index (χ4v) is 1.83. The monoisotopic (exact) mass is 237 g/mol. The molecule has 1 rings (SSSR count). The van der Waals surface area contributed by atoms with Crippen molar-refractivity contribution in [1.29, 1.82) is 5.26 Å². The van der Waals surface area contributed by atoms with Crippen LogP contribution >= 0.6 is 11.6 Å². The lowest BCUT2D eigenvalue weighted by molar-refractivity contribution is 0.392. The Morgan fingerprint density at radius 2 is 2.19 bits per heavy atom. The van der Waals surface area contributed by atoms with E-state index < -0.39 is 0 Å². The summed E-state index contributed by atoms with van der Waals surface area (Å²) in [6.45, 7) is 2.97. The molecule has 1 N–H and O–H groups in total. The van der Waals surface area contributed by atoms with Crippen LogP contribution in [-0.2, 0) is 0 Å². The average Bonchev–Trinajstić information content (AvgIpc) is 2.16. The molecule has 0 fully saturated rings. The summed E-state index contributed by atoms with van der Waals surface area (Å²) in [6.07, 6.45) is 0. The second-order valence-corrected chi connectivity index (χ2v) is 4.49. The van der Waals surface area contributed by atoms with Crippen LogP contribution in [0.15, 0.2) is 18.2 Å². The van der Waals surface area contributed by atoms with Crippen LogP contribution in [0.5, 0.6) is 0 Å². The van der Waals surface area contributed by atoms with E-state index in [1.165, 1.54) is 0 Å². The number of hydrogen-bond donors (Lipinski definition) is 1. The quantitative estimate of drug-likeness (QED) is 0.875. The van der Waals surface area contributed by atoms with Gasteiger partial charge in [-0.05, 0) is 33.2 Å². The molecule has 0 saturated carbocycles. The second kappa shape index (κ2) is 5.74. The van der Waals surface area contributed by atoms with Gasteiger partial charge in [0.2, 0.25) is 0 Å². The van der Waals surface area contributed by atoms with Crippen LogP contribution in [0.1, 0.15) is 12.5 Å². The SMILES string of the molecule is CC(CN(C)C)Nc1cccc(Cl)c1C#N. The zero-order valence-electron chi connectivity index (χ0n) is 9.79. The van der Waals surface area contributed by atoms with E-state index in [9.17, 15) is 0 Å². The lowest BCUT2D eigenvalue weighted by atomic mass is 10.1. The second-order valence-electron chi connectivity index (χ2n) is 4.08. The van der Waals surface area contributed by atoms with Crippen molar-refractivity contribution in [2.75, 3.05) is 26.0 Å². The number of benzene rings is 1. The zero-order valence-corrected chi connectivity index (χ0v) is 10.5. The van der Waals surface area contributed by atoms with Gasteiger partial charge in [-0.1, -0.05) is 17.7 Å². The Balaban J connectivity index is 2.82. The molecule has 0 aromatic heterocycles. The minimum Gasteiger partial charge on any atom is -0.380 e. The molecule has 1 aromatic rings. The fourth-order valence-electron chi connectivity index (χ4n) is 1.62. The Bertz CT molecular complexity index is 396. The molecule has 1 unspecified atom stereocenters. The van der Waals surface area contributed by atoms with Crippen LogP contribution < -0.4 is 5.32 Å². The van der Waals surface area contributed by atoms with Crippen molar-refractivity contribution in [3.05, 3.63) is 28.8 Å². The van der Waals surface area contributed by atoms with Crippen LogP contribution in [0.3, 0.4) is 0 Å². The maximum absolute atomic E-state index is 9.01. The molecule has 3 nitrogen and oxygen atoms in total. The first-order chi connectivity index (χ1) is 7.54. The number of nitrogens with one attached hydrogen (secondary N) is 1. The third-order valence-corrected chi connectivity index (χ3v) is 2.48. The summed E-state index contributed by atoms with van der Waals surface area (Å²) < 4.78 is 0. The molecule has 0 aliphatic heterocycles. The van der Waals surface area contributed by atoms with Crippen molar-refractivity contribution in [3.63, 3.8) is 0 Å². The Morgan fingerprint density at radius 3 is 2.75 bits per heavy atom. The first kappa shape index (κ1) is 12.8. The maximum Gasteiger partial charge on any atom is 0.103 e. The van der Waals surface area contributed by atoms with Gasteiger partial charge in [-0.2, -0.15) is 5.26 Å². The van der Waals surface area contributed by atoms with Crippen molar-refractivity contribution < 1.29 is 0 Å². The third kappa shape index (κ3) is 3.41. The van der Waals surface area contributed by atoms with Crippen LogP contribution in [0.4, 0.5) is 5.69 Å². The maximum atomic E-state index is 9.01. The van der Waals surface area contributed by atoms with Crippen molar-refractivity contribution >= 4 is 17.3 Å². The molecule has 1 atom stereocenters. The topological polar surface area (TPSA) is 39.1 Å². The van der Waals surface area contributed by atoms with Gasteiger partial charge in [-0.15, -0.1) is 0 Å². The summed E-state index contributed by atoms with van der Waals surface area (Å²) in [5.74, 6) is 0. The molecule has 0 aliphatic rings. The van der Waals surface area contributed by atoms with E-state index in [1.54, 1.807) is 6.07 Å². The zero-order chi connectivity index (χ0) is 12.1. The summed E-state index contributed by atoms with van der Waals surface area (Å²) >= 11 is 5.95. The fraction of sp³-hybridized carbons (Fsp3) is 0.417. The Hall–Kier alpha value is -1.24. The average molecular weight is 238 g/mol. The molecule has 0 heterocycles. The van der Waals surface area contributed by atoms with Gasteiger partial charge in [-0.3, -0.25) is 0 Å². The summed E-state index contributed by atoms with van der Waals surface area (Å²) in [4.78, 5) is 2.09. The Labute approximate surface area is 102 Å². The molecule has 0 amide bonds. The molecule has 1 aromatic carbocycles. The van der Waals surface area contributed by atoms with E-state index in [-0.39, 0.29) is 6.04 Å². The predicted molar refractivity (Wildman–Crippen MR) is 67.8 cm³/mol. The Kier molecular flexibility index (Phi) is 4.60. The molecule has 0 aliphatic carbocycles. The van der Waals surface area contributed by atoms with Gasteiger partial charge >= 0.3 is 0 Å². The molecular weight excluding hydrogens is 222 g/mol. The standard InChI is InChI=1S/C12H16ClN3/c1-9(8-16(2)3)15-12-6-4-5-11(13)10(12)7-14/h4-6,9,15H,8H2,1-3H3. The molecule has 0 saturated heterocycles. The van der Waals surface area contributed by atoms with Gasteiger partial charge in [0, 0.05) is 12.6 Å². The lowest BCUT2D eigenvalue weighted by Crippen LogP contribution is -2.29. The molecular formula is C12H16ClN3. The first-order valence-corrected chi connectivity index (χ1v) is 5.52. The van der Waals surface area contributed by atoms with Gasteiger partial charge in [0.1, 0.15) is 6.07 Å². The molecule has 16 heavy (non-hydrogen) atoms. The van der Waals surface area contributed by atoms with Crippen molar-refractivity contribution in [1.82, 2.24) is 4.90 Å². The third-order valence-electron chi connectivity index (χ3n) is 2.17. The van der Waals surface area contributed by atoms with Crippen LogP contribution in [-0.4, -0.2) is 31.6 Å². The van der Waals surface area contributed by atoms with Gasteiger partial charge in [0.25, 0.3) is 0 Å². The van der Waals surface area contributed by atoms with Crippen LogP contribution in [0, 0.1) is 11.3 Å². The summed E-state index contributed by atoms with van der Waals surface area (Å²) in [5.41, 5.74) is 1.30. The first-order valence-electron chi connectivity index (χ1n) is 5.14. The van der Waals surface area contributed by atoms with E-state index in [1.807, 2.05) is 26.2 Å². The number of nitriles is 1. The predicted octanol–water partition coefficient (Wildman–Crippen LogP) is 2.57. The highest BCUT2D eigenvalue weighted by molar-refractivity contribution is 6.32. The van der Waals surface area contributed by atoms with Crippen molar-refractivity contribution in [2.45, 2.75) is 13.0 Å². The summed E-state index contributed by atoms with van der Waals surface area (Å²) in [5, 5.41) is 12.8. The highest BCUT2D eigenvalue weighted by atomic mass is 35.5. The van der Waals surface area contributed by atoms with E-state index in [0.29, 0.717) is 10.6 Å². The number of hydrogen-bond acceptors (Lipinski definition) is 3. The largest absolute Gasteiger partial charge is 0.380 e. The molecule has 86 valence electrons. The van der Waals surface area contributed by atoms with Gasteiger partial charge < -0.3 is 10.2 Å². The number of nitrogens with zero attached hydrogens (tertiary/aromatic N) is 2. The smallest absolute Gasteiger partial charge is 0.103 e. The highest BCUT2D eigenvalue weighted by Gasteiger charge is 2.09. The Morgan fingerprint density at radius 1 is 1.50 bits per heavy atom. The summed E-state index contributed by atoms with van der Waals surface area (Å²) in [6, 6.07) is 7.82. The van der Waals surface area contributed by atoms with Crippen molar-refractivity contribution in [2.24, 2.45) is 0 Å². The van der Waals surface area contributed by atoms with E-state index in [4.69, 9.17) is 16.9 Å². The van der Waals surface area contributed by atoms with Gasteiger partial charge in [-0.25, -0.2) is 0 Å². The van der Waals surface area contributed by atoms with Crippen LogP contribution in [0.25, 0.3) is 0 Å². The summed E-state index contributed by atoms with van der Waals surface area (Å²) in [7, 11) is 4.03. The minimum absolute atomic E-state index is 0.264. The molecule has 0 radical (unpaired) electrons. The molecule has 4 heteroatoms. The van der Waals surface area contributed by atoms with E-state index >= 15 is 0 Å². The minimum atomic E-state index is 0.264. The molecule has 0 bridgehead atoms. The van der Waals surface area contributed by atoms with Crippen molar-refractivity contribution in [3.8, 4) is 6.07 Å². The normalized spacial score (nSPS) is 12.2. The van der Waals surface area contributed by atoms with Gasteiger partial charge in [0.15, 0.2) is 0 Å². The number of anilines is 1. The van der Waals surface area contributed by atoms with E-state index in [0.717, 1.165) is 12.2 Å². The number of halogens is 1. The van der Waals surface area contributed by atoms with E-state index in [2.05, 4.69) is 23.2 Å². The number of likely N-dealkylation sites (N-methyl/N-ethyl adjacent to an activating group) is 1. The van der Waals surface area contributed by atoms with Gasteiger partial charge in [0.05, 0.1) is 16.3 Å². The highest BCUT2D eigenvalue weighted by Crippen LogP contribution is 2.23.